The van der Waals surface area contributed by atoms with E-state index in [1.54, 1.807) is 24.8 Å². The molecule has 2 N–H and O–H groups in total. The molecular formula is C16H11N5. The fraction of sp³-hybridized carbons (Fsp3) is 0. The van der Waals surface area contributed by atoms with Crippen LogP contribution in [0.3, 0.4) is 0 Å². The van der Waals surface area contributed by atoms with Gasteiger partial charge in [0.2, 0.25) is 0 Å². The first-order valence-corrected chi connectivity index (χ1v) is 6.31. The van der Waals surface area contributed by atoms with Gasteiger partial charge in [0.05, 0.1) is 5.69 Å². The maximum Gasteiger partial charge on any atom is 0.142 e. The van der Waals surface area contributed by atoms with Crippen molar-refractivity contribution < 1.29 is 0 Å². The van der Waals surface area contributed by atoms with E-state index in [4.69, 9.17) is 5.73 Å². The Hall–Kier alpha value is -3.26. The van der Waals surface area contributed by atoms with E-state index in [1.165, 1.54) is 0 Å². The highest BCUT2D eigenvalue weighted by atomic mass is 14.8. The molecule has 0 saturated heterocycles. The fourth-order valence-corrected chi connectivity index (χ4v) is 2.11. The molecule has 0 fully saturated rings. The molecule has 0 spiro atoms. The van der Waals surface area contributed by atoms with Crippen LogP contribution in [0.2, 0.25) is 0 Å². The number of nitrogen functional groups attached to an aromatic ring is 1. The largest absolute Gasteiger partial charge is 0.383 e. The predicted molar refractivity (Wildman–Crippen MR) is 79.8 cm³/mol. The standard InChI is InChI=1S/C16H11N5/c17-10-14-13(11-1-5-19-6-2-11)9-15(21-16(14)18)12-3-7-20-8-4-12/h1-9H,(H2,18,21). The molecule has 0 aliphatic rings. The maximum absolute atomic E-state index is 9.33. The summed E-state index contributed by atoms with van der Waals surface area (Å²) in [5.41, 5.74) is 9.55. The van der Waals surface area contributed by atoms with E-state index < -0.39 is 0 Å². The molecule has 0 aliphatic carbocycles. The van der Waals surface area contributed by atoms with E-state index in [-0.39, 0.29) is 5.82 Å². The highest BCUT2D eigenvalue weighted by Gasteiger charge is 2.13. The third kappa shape index (κ3) is 2.42. The minimum absolute atomic E-state index is 0.221. The lowest BCUT2D eigenvalue weighted by molar-refractivity contribution is 1.28. The topological polar surface area (TPSA) is 88.5 Å². The first-order valence-electron chi connectivity index (χ1n) is 6.31. The number of hydrogen-bond donors (Lipinski definition) is 1. The fourth-order valence-electron chi connectivity index (χ4n) is 2.11. The summed E-state index contributed by atoms with van der Waals surface area (Å²) in [7, 11) is 0. The SMILES string of the molecule is N#Cc1c(-c2ccncc2)cc(-c2ccncc2)nc1N. The van der Waals surface area contributed by atoms with Gasteiger partial charge in [-0.05, 0) is 35.9 Å². The van der Waals surface area contributed by atoms with Crippen LogP contribution in [-0.4, -0.2) is 15.0 Å². The number of anilines is 1. The summed E-state index contributed by atoms with van der Waals surface area (Å²) >= 11 is 0. The average Bonchev–Trinajstić information content (AvgIpc) is 2.55. The number of pyridine rings is 3. The summed E-state index contributed by atoms with van der Waals surface area (Å²) < 4.78 is 0. The number of nitrogens with zero attached hydrogens (tertiary/aromatic N) is 4. The van der Waals surface area contributed by atoms with Crippen molar-refractivity contribution in [3.05, 3.63) is 60.7 Å². The van der Waals surface area contributed by atoms with E-state index in [2.05, 4.69) is 21.0 Å². The molecule has 3 aromatic rings. The zero-order valence-corrected chi connectivity index (χ0v) is 11.1. The molecule has 21 heavy (non-hydrogen) atoms. The van der Waals surface area contributed by atoms with Crippen molar-refractivity contribution in [1.29, 1.82) is 5.26 Å². The molecule has 100 valence electrons. The van der Waals surface area contributed by atoms with Crippen LogP contribution >= 0.6 is 0 Å². The van der Waals surface area contributed by atoms with Crippen molar-refractivity contribution >= 4 is 5.82 Å². The van der Waals surface area contributed by atoms with E-state index in [0.717, 1.165) is 16.7 Å². The minimum atomic E-state index is 0.221. The van der Waals surface area contributed by atoms with Gasteiger partial charge in [-0.25, -0.2) is 4.98 Å². The molecule has 3 heterocycles. The van der Waals surface area contributed by atoms with E-state index in [1.807, 2.05) is 30.3 Å². The van der Waals surface area contributed by atoms with E-state index in [0.29, 0.717) is 11.3 Å². The van der Waals surface area contributed by atoms with Crippen molar-refractivity contribution in [3.63, 3.8) is 0 Å². The smallest absolute Gasteiger partial charge is 0.142 e. The van der Waals surface area contributed by atoms with Gasteiger partial charge in [-0.3, -0.25) is 9.97 Å². The lowest BCUT2D eigenvalue weighted by Gasteiger charge is -2.09. The van der Waals surface area contributed by atoms with Gasteiger partial charge in [0.15, 0.2) is 0 Å². The maximum atomic E-state index is 9.33. The van der Waals surface area contributed by atoms with Gasteiger partial charge in [-0.2, -0.15) is 5.26 Å². The van der Waals surface area contributed by atoms with Crippen LogP contribution in [0, 0.1) is 11.3 Å². The molecular weight excluding hydrogens is 262 g/mol. The number of rotatable bonds is 2. The molecule has 0 aromatic carbocycles. The Morgan fingerprint density at radius 2 is 1.48 bits per heavy atom. The van der Waals surface area contributed by atoms with Crippen molar-refractivity contribution in [3.8, 4) is 28.5 Å². The summed E-state index contributed by atoms with van der Waals surface area (Å²) in [6.45, 7) is 0. The molecule has 0 unspecified atom stereocenters. The van der Waals surface area contributed by atoms with Crippen LogP contribution in [0.5, 0.6) is 0 Å². The van der Waals surface area contributed by atoms with Gasteiger partial charge in [0.25, 0.3) is 0 Å². The van der Waals surface area contributed by atoms with Crippen LogP contribution < -0.4 is 5.73 Å². The third-order valence-electron chi connectivity index (χ3n) is 3.13. The van der Waals surface area contributed by atoms with Crippen LogP contribution in [0.4, 0.5) is 5.82 Å². The number of nitrogens with two attached hydrogens (primary N) is 1. The van der Waals surface area contributed by atoms with Crippen molar-refractivity contribution in [2.45, 2.75) is 0 Å². The van der Waals surface area contributed by atoms with E-state index in [9.17, 15) is 5.26 Å². The zero-order chi connectivity index (χ0) is 14.7. The highest BCUT2D eigenvalue weighted by Crippen LogP contribution is 2.30. The number of aromatic nitrogens is 3. The highest BCUT2D eigenvalue weighted by molar-refractivity contribution is 5.79. The van der Waals surface area contributed by atoms with Crippen LogP contribution in [0.15, 0.2) is 55.1 Å². The van der Waals surface area contributed by atoms with Crippen LogP contribution in [0.25, 0.3) is 22.4 Å². The summed E-state index contributed by atoms with van der Waals surface area (Å²) in [4.78, 5) is 12.3. The third-order valence-corrected chi connectivity index (χ3v) is 3.13. The second-order valence-electron chi connectivity index (χ2n) is 4.40. The van der Waals surface area contributed by atoms with Crippen LogP contribution in [-0.2, 0) is 0 Å². The monoisotopic (exact) mass is 273 g/mol. The summed E-state index contributed by atoms with van der Waals surface area (Å²) in [6.07, 6.45) is 6.74. The number of hydrogen-bond acceptors (Lipinski definition) is 5. The summed E-state index contributed by atoms with van der Waals surface area (Å²) in [5.74, 6) is 0.221. The molecule has 0 aliphatic heterocycles. The Balaban J connectivity index is 2.24. The Morgan fingerprint density at radius 3 is 2.05 bits per heavy atom. The minimum Gasteiger partial charge on any atom is -0.383 e. The van der Waals surface area contributed by atoms with E-state index >= 15 is 0 Å². The summed E-state index contributed by atoms with van der Waals surface area (Å²) in [5, 5.41) is 9.33. The first-order chi connectivity index (χ1) is 10.3. The molecule has 0 radical (unpaired) electrons. The molecule has 0 saturated carbocycles. The van der Waals surface area contributed by atoms with Crippen molar-refractivity contribution in [1.82, 2.24) is 15.0 Å². The first kappa shape index (κ1) is 12.8. The normalized spacial score (nSPS) is 10.0. The predicted octanol–water partition coefficient (Wildman–Crippen LogP) is 2.66. The summed E-state index contributed by atoms with van der Waals surface area (Å²) in [6, 6.07) is 11.4. The molecule has 3 aromatic heterocycles. The zero-order valence-electron chi connectivity index (χ0n) is 11.1. The van der Waals surface area contributed by atoms with Crippen molar-refractivity contribution in [2.24, 2.45) is 0 Å². The molecule has 0 bridgehead atoms. The Kier molecular flexibility index (Phi) is 3.27. The lowest BCUT2D eigenvalue weighted by atomic mass is 10.00. The van der Waals surface area contributed by atoms with Gasteiger partial charge >= 0.3 is 0 Å². The lowest BCUT2D eigenvalue weighted by Crippen LogP contribution is -1.99. The molecule has 3 rings (SSSR count). The second kappa shape index (κ2) is 5.39. The average molecular weight is 273 g/mol. The van der Waals surface area contributed by atoms with Gasteiger partial charge in [-0.15, -0.1) is 0 Å². The van der Waals surface area contributed by atoms with Gasteiger partial charge in [-0.1, -0.05) is 0 Å². The number of nitriles is 1. The quantitative estimate of drug-likeness (QED) is 0.775. The Bertz CT molecular complexity index is 807. The molecule has 5 heteroatoms. The second-order valence-corrected chi connectivity index (χ2v) is 4.40. The molecule has 0 amide bonds. The Labute approximate surface area is 121 Å². The van der Waals surface area contributed by atoms with Gasteiger partial charge in [0.1, 0.15) is 17.5 Å². The molecule has 5 nitrogen and oxygen atoms in total. The Morgan fingerprint density at radius 1 is 0.905 bits per heavy atom. The van der Waals surface area contributed by atoms with Gasteiger partial charge in [0, 0.05) is 35.9 Å². The van der Waals surface area contributed by atoms with Crippen LogP contribution in [0.1, 0.15) is 5.56 Å². The van der Waals surface area contributed by atoms with Gasteiger partial charge < -0.3 is 5.73 Å². The van der Waals surface area contributed by atoms with Crippen molar-refractivity contribution in [2.75, 3.05) is 5.73 Å². The molecule has 0 atom stereocenters.